The van der Waals surface area contributed by atoms with Gasteiger partial charge in [0.2, 0.25) is 0 Å². The number of aryl methyl sites for hydroxylation is 2. The normalized spacial score (nSPS) is 13.7. The molecule has 1 N–H and O–H groups in total. The van der Waals surface area contributed by atoms with Crippen LogP contribution in [0.2, 0.25) is 0 Å². The van der Waals surface area contributed by atoms with Crippen LogP contribution in [0.3, 0.4) is 0 Å². The van der Waals surface area contributed by atoms with Crippen LogP contribution in [0.15, 0.2) is 42.5 Å². The van der Waals surface area contributed by atoms with E-state index in [1.807, 2.05) is 53.7 Å². The van der Waals surface area contributed by atoms with E-state index in [0.717, 1.165) is 40.7 Å². The Kier molecular flexibility index (Phi) is 9.11. The summed E-state index contributed by atoms with van der Waals surface area (Å²) in [6.07, 6.45) is 4.61. The van der Waals surface area contributed by atoms with Crippen LogP contribution in [0.25, 0.3) is 5.57 Å². The van der Waals surface area contributed by atoms with E-state index in [2.05, 4.69) is 16.3 Å². The molecule has 0 saturated heterocycles. The Labute approximate surface area is 213 Å². The first-order chi connectivity index (χ1) is 16.6. The third-order valence-corrected chi connectivity index (χ3v) is 8.30. The fourth-order valence-electron chi connectivity index (χ4n) is 4.78. The van der Waals surface area contributed by atoms with Crippen molar-refractivity contribution in [1.82, 2.24) is 0 Å². The second-order valence-corrected chi connectivity index (χ2v) is 11.0. The first-order valence-electron chi connectivity index (χ1n) is 12.2. The number of aliphatic hydroxyl groups is 1. The van der Waals surface area contributed by atoms with E-state index in [9.17, 15) is 26.7 Å². The van der Waals surface area contributed by atoms with Crippen molar-refractivity contribution < 1.29 is 30.9 Å². The largest absolute Gasteiger partial charge is 0.534 e. The van der Waals surface area contributed by atoms with Gasteiger partial charge in [0, 0.05) is 5.41 Å². The lowest BCUT2D eigenvalue weighted by molar-refractivity contribution is -0.0500. The molecule has 0 amide bonds. The maximum Gasteiger partial charge on any atom is 0.534 e. The minimum Gasteiger partial charge on any atom is -0.386 e. The zero-order valence-corrected chi connectivity index (χ0v) is 22.9. The fraction of sp³-hybridized carbons (Fsp3) is 0.500. The summed E-state index contributed by atoms with van der Waals surface area (Å²) < 4.78 is 65.7. The summed E-state index contributed by atoms with van der Waals surface area (Å²) in [6.45, 7) is 13.6. The van der Waals surface area contributed by atoms with E-state index in [4.69, 9.17) is 0 Å². The van der Waals surface area contributed by atoms with Gasteiger partial charge in [-0.15, -0.1) is 0 Å². The number of alkyl halides is 3. The van der Waals surface area contributed by atoms with E-state index >= 15 is 0 Å². The highest BCUT2D eigenvalue weighted by atomic mass is 32.2. The van der Waals surface area contributed by atoms with Gasteiger partial charge in [-0.2, -0.15) is 21.6 Å². The van der Waals surface area contributed by atoms with Crippen LogP contribution < -0.4 is 4.18 Å². The maximum atomic E-state index is 12.8. The zero-order chi connectivity index (χ0) is 27.5. The Hall–Kier alpha value is -2.32. The monoisotopic (exact) mass is 526 g/mol. The van der Waals surface area contributed by atoms with Crippen molar-refractivity contribution in [3.63, 3.8) is 0 Å². The standard InChI is InChI=1S/C28H37F3O4S/c1-8-26(32,9-2)18-21(7)24-14-12-22(16-19(24)5)27(10-3,11-4)23-13-15-25(20(6)17-23)35-36(33,34)28(29,30)31/h12-18,32H,8-11H2,1-7H3/b21-18+. The van der Waals surface area contributed by atoms with Gasteiger partial charge in [-0.1, -0.05) is 58.0 Å². The summed E-state index contributed by atoms with van der Waals surface area (Å²) >= 11 is 0. The van der Waals surface area contributed by atoms with Crippen LogP contribution in [-0.4, -0.2) is 24.6 Å². The molecule has 0 aliphatic carbocycles. The summed E-state index contributed by atoms with van der Waals surface area (Å²) in [5.74, 6) is -0.344. The Morgan fingerprint density at radius 3 is 1.81 bits per heavy atom. The molecular formula is C28H37F3O4S. The predicted molar refractivity (Wildman–Crippen MR) is 139 cm³/mol. The van der Waals surface area contributed by atoms with Crippen molar-refractivity contribution in [3.8, 4) is 5.75 Å². The van der Waals surface area contributed by atoms with Gasteiger partial charge in [0.1, 0.15) is 5.75 Å². The molecule has 0 radical (unpaired) electrons. The molecule has 0 bridgehead atoms. The average Bonchev–Trinajstić information content (AvgIpc) is 2.81. The summed E-state index contributed by atoms with van der Waals surface area (Å²) in [4.78, 5) is 0. The van der Waals surface area contributed by atoms with E-state index in [1.54, 1.807) is 12.1 Å². The number of allylic oxidation sites excluding steroid dienone is 1. The third kappa shape index (κ3) is 5.97. The first kappa shape index (κ1) is 29.9. The van der Waals surface area contributed by atoms with Crippen molar-refractivity contribution >= 4 is 15.7 Å². The SMILES string of the molecule is CCC(O)(/C=C(\C)c1ccc(C(CC)(CC)c2ccc(OS(=O)(=O)C(F)(F)F)c(C)c2)cc1C)CC. The molecule has 0 heterocycles. The van der Waals surface area contributed by atoms with Crippen LogP contribution in [-0.2, 0) is 15.5 Å². The topological polar surface area (TPSA) is 63.6 Å². The lowest BCUT2D eigenvalue weighted by atomic mass is 9.69. The Bertz CT molecular complexity index is 1210. The van der Waals surface area contributed by atoms with Crippen molar-refractivity contribution in [3.05, 3.63) is 70.3 Å². The molecule has 8 heteroatoms. The van der Waals surface area contributed by atoms with Gasteiger partial charge >= 0.3 is 15.6 Å². The van der Waals surface area contributed by atoms with E-state index < -0.39 is 26.6 Å². The smallest absolute Gasteiger partial charge is 0.386 e. The van der Waals surface area contributed by atoms with Gasteiger partial charge in [-0.25, -0.2) is 0 Å². The second kappa shape index (κ2) is 11.0. The summed E-state index contributed by atoms with van der Waals surface area (Å²) in [7, 11) is -5.74. The van der Waals surface area contributed by atoms with Gasteiger partial charge in [0.05, 0.1) is 5.60 Å². The van der Waals surface area contributed by atoms with Crippen molar-refractivity contribution in [1.29, 1.82) is 0 Å². The van der Waals surface area contributed by atoms with Gasteiger partial charge in [0.15, 0.2) is 0 Å². The molecule has 2 aromatic rings. The Morgan fingerprint density at radius 1 is 0.889 bits per heavy atom. The zero-order valence-electron chi connectivity index (χ0n) is 22.1. The minimum atomic E-state index is -5.74. The summed E-state index contributed by atoms with van der Waals surface area (Å²) in [5, 5.41) is 10.7. The van der Waals surface area contributed by atoms with E-state index in [-0.39, 0.29) is 5.75 Å². The summed E-state index contributed by atoms with van der Waals surface area (Å²) in [5.41, 5.74) is -1.47. The Balaban J connectivity index is 2.54. The number of halogens is 3. The minimum absolute atomic E-state index is 0.303. The van der Waals surface area contributed by atoms with Crippen LogP contribution in [0.4, 0.5) is 13.2 Å². The molecule has 0 aromatic heterocycles. The molecule has 0 atom stereocenters. The predicted octanol–water partition coefficient (Wildman–Crippen LogP) is 7.59. The second-order valence-electron chi connectivity index (χ2n) is 9.42. The van der Waals surface area contributed by atoms with Crippen molar-refractivity contribution in [2.75, 3.05) is 0 Å². The molecule has 2 rings (SSSR count). The molecule has 36 heavy (non-hydrogen) atoms. The highest BCUT2D eigenvalue weighted by molar-refractivity contribution is 7.88. The molecule has 0 aliphatic heterocycles. The highest BCUT2D eigenvalue weighted by Gasteiger charge is 2.48. The number of hydrogen-bond donors (Lipinski definition) is 1. The molecule has 0 saturated carbocycles. The number of benzene rings is 2. The lowest BCUT2D eigenvalue weighted by Gasteiger charge is -2.34. The van der Waals surface area contributed by atoms with E-state index in [0.29, 0.717) is 18.4 Å². The maximum absolute atomic E-state index is 12.8. The van der Waals surface area contributed by atoms with Crippen LogP contribution >= 0.6 is 0 Å². The van der Waals surface area contributed by atoms with Gasteiger partial charge in [0.25, 0.3) is 0 Å². The van der Waals surface area contributed by atoms with Gasteiger partial charge < -0.3 is 9.29 Å². The third-order valence-electron chi connectivity index (χ3n) is 7.33. The number of rotatable bonds is 10. The molecule has 0 aliphatic rings. The fourth-order valence-corrected chi connectivity index (χ4v) is 5.30. The molecule has 200 valence electrons. The summed E-state index contributed by atoms with van der Waals surface area (Å²) in [6, 6.07) is 10.8. The van der Waals surface area contributed by atoms with Crippen molar-refractivity contribution in [2.45, 2.75) is 90.7 Å². The molecular weight excluding hydrogens is 489 g/mol. The molecule has 4 nitrogen and oxygen atoms in total. The molecule has 2 aromatic carbocycles. The van der Waals surface area contributed by atoms with Crippen molar-refractivity contribution in [2.24, 2.45) is 0 Å². The quantitative estimate of drug-likeness (QED) is 0.256. The molecule has 0 fully saturated rings. The van der Waals surface area contributed by atoms with Gasteiger partial charge in [-0.3, -0.25) is 0 Å². The Morgan fingerprint density at radius 2 is 1.39 bits per heavy atom. The number of hydrogen-bond acceptors (Lipinski definition) is 4. The van der Waals surface area contributed by atoms with E-state index in [1.165, 1.54) is 13.0 Å². The molecule has 0 unspecified atom stereocenters. The highest BCUT2D eigenvalue weighted by Crippen LogP contribution is 2.42. The molecule has 0 spiro atoms. The average molecular weight is 527 g/mol. The van der Waals surface area contributed by atoms with Crippen LogP contribution in [0.5, 0.6) is 5.75 Å². The van der Waals surface area contributed by atoms with Gasteiger partial charge in [-0.05, 0) is 92.0 Å². The van der Waals surface area contributed by atoms with Crippen LogP contribution in [0, 0.1) is 13.8 Å². The van der Waals surface area contributed by atoms with Crippen LogP contribution in [0.1, 0.15) is 88.1 Å². The first-order valence-corrected chi connectivity index (χ1v) is 13.7. The lowest BCUT2D eigenvalue weighted by Crippen LogP contribution is -2.29.